The molecule has 8 nitrogen and oxygen atoms in total. The molecule has 1 saturated heterocycles. The number of carbonyl (C=O) groups is 1. The normalized spacial score (nSPS) is 17.7. The van der Waals surface area contributed by atoms with Gasteiger partial charge in [-0.1, -0.05) is 12.1 Å². The van der Waals surface area contributed by atoms with Crippen LogP contribution in [-0.4, -0.2) is 32.9 Å². The lowest BCUT2D eigenvalue weighted by molar-refractivity contribution is -0.384. The predicted molar refractivity (Wildman–Crippen MR) is 71.6 cm³/mol. The molecular weight excluding hydrogens is 298 g/mol. The average molecular weight is 307 g/mol. The van der Waals surface area contributed by atoms with Gasteiger partial charge in [-0.25, -0.2) is 0 Å². The topological polar surface area (TPSA) is 108 Å². The van der Waals surface area contributed by atoms with Crippen molar-refractivity contribution in [2.45, 2.75) is 16.9 Å². The number of hydrogen-bond acceptors (Lipinski definition) is 8. The van der Waals surface area contributed by atoms with Crippen molar-refractivity contribution in [2.24, 2.45) is 0 Å². The van der Waals surface area contributed by atoms with Gasteiger partial charge in [0.15, 0.2) is 0 Å². The van der Waals surface area contributed by atoms with Crippen molar-refractivity contribution in [3.05, 3.63) is 34.4 Å². The Hall–Kier alpha value is -2.42. The number of rotatable bonds is 4. The van der Waals surface area contributed by atoms with E-state index in [1.54, 1.807) is 12.1 Å². The number of nitro benzene ring substituents is 1. The summed E-state index contributed by atoms with van der Waals surface area (Å²) in [5.41, 5.74) is 0.133. The Labute approximate surface area is 122 Å². The van der Waals surface area contributed by atoms with Gasteiger partial charge in [-0.15, -0.1) is 10.2 Å². The monoisotopic (exact) mass is 307 g/mol. The number of nitro groups is 1. The van der Waals surface area contributed by atoms with Crippen LogP contribution < -0.4 is 0 Å². The van der Waals surface area contributed by atoms with E-state index in [0.29, 0.717) is 13.0 Å². The summed E-state index contributed by atoms with van der Waals surface area (Å²) < 4.78 is 10.2. The van der Waals surface area contributed by atoms with Crippen molar-refractivity contribution >= 4 is 23.4 Å². The van der Waals surface area contributed by atoms with Crippen LogP contribution in [0.3, 0.4) is 0 Å². The highest BCUT2D eigenvalue weighted by Gasteiger charge is 2.30. The van der Waals surface area contributed by atoms with Crippen molar-refractivity contribution in [3.63, 3.8) is 0 Å². The van der Waals surface area contributed by atoms with Crippen LogP contribution in [0.4, 0.5) is 5.69 Å². The number of carbonyl (C=O) groups excluding carboxylic acids is 1. The molecule has 0 aliphatic carbocycles. The highest BCUT2D eigenvalue weighted by molar-refractivity contribution is 8.00. The van der Waals surface area contributed by atoms with E-state index in [0.717, 1.165) is 11.8 Å². The third-order valence-corrected chi connectivity index (χ3v) is 3.95. The highest BCUT2D eigenvalue weighted by Crippen LogP contribution is 2.33. The fraction of sp³-hybridized carbons (Fsp3) is 0.250. The van der Waals surface area contributed by atoms with E-state index in [-0.39, 0.29) is 33.6 Å². The van der Waals surface area contributed by atoms with E-state index >= 15 is 0 Å². The van der Waals surface area contributed by atoms with Crippen molar-refractivity contribution in [3.8, 4) is 11.5 Å². The van der Waals surface area contributed by atoms with Crippen molar-refractivity contribution in [2.75, 3.05) is 6.61 Å². The van der Waals surface area contributed by atoms with Gasteiger partial charge >= 0.3 is 5.97 Å². The molecule has 1 fully saturated rings. The molecule has 0 radical (unpaired) electrons. The van der Waals surface area contributed by atoms with Crippen molar-refractivity contribution in [1.29, 1.82) is 0 Å². The smallest absolute Gasteiger partial charge is 0.319 e. The van der Waals surface area contributed by atoms with Crippen LogP contribution in [0, 0.1) is 10.1 Å². The van der Waals surface area contributed by atoms with E-state index in [2.05, 4.69) is 10.2 Å². The number of cyclic esters (lactones) is 1. The van der Waals surface area contributed by atoms with Gasteiger partial charge in [0.1, 0.15) is 10.8 Å². The van der Waals surface area contributed by atoms with Gasteiger partial charge in [-0.05, 0) is 17.8 Å². The van der Waals surface area contributed by atoms with Crippen LogP contribution in [0.5, 0.6) is 0 Å². The zero-order valence-corrected chi connectivity index (χ0v) is 11.4. The molecule has 1 atom stereocenters. The molecule has 1 aromatic heterocycles. The lowest BCUT2D eigenvalue weighted by Crippen LogP contribution is -2.09. The lowest BCUT2D eigenvalue weighted by atomic mass is 10.2. The first kappa shape index (κ1) is 13.6. The summed E-state index contributed by atoms with van der Waals surface area (Å²) in [6, 6.07) is 6.10. The summed E-state index contributed by atoms with van der Waals surface area (Å²) in [6.45, 7) is 0.377. The molecule has 0 saturated carbocycles. The fourth-order valence-corrected chi connectivity index (χ4v) is 2.72. The summed E-state index contributed by atoms with van der Waals surface area (Å²) in [5.74, 6) is -0.262. The Balaban J connectivity index is 1.85. The number of para-hydroxylation sites is 1. The maximum Gasteiger partial charge on any atom is 0.319 e. The Morgan fingerprint density at radius 3 is 2.86 bits per heavy atom. The molecular formula is C12H9N3O5S. The summed E-state index contributed by atoms with van der Waals surface area (Å²) in [7, 11) is 0. The second-order valence-electron chi connectivity index (χ2n) is 4.21. The number of esters is 1. The number of nitrogens with zero attached hydrogens (tertiary/aromatic N) is 3. The zero-order chi connectivity index (χ0) is 14.8. The van der Waals surface area contributed by atoms with Crippen LogP contribution in [0.2, 0.25) is 0 Å². The van der Waals surface area contributed by atoms with Gasteiger partial charge in [-0.2, -0.15) is 0 Å². The Kier molecular flexibility index (Phi) is 3.57. The van der Waals surface area contributed by atoms with E-state index in [1.165, 1.54) is 12.1 Å². The molecule has 1 aliphatic heterocycles. The minimum absolute atomic E-state index is 0.0520. The van der Waals surface area contributed by atoms with Crippen LogP contribution in [0.1, 0.15) is 6.42 Å². The first-order chi connectivity index (χ1) is 10.1. The lowest BCUT2D eigenvalue weighted by Gasteiger charge is -1.99. The second-order valence-corrected chi connectivity index (χ2v) is 5.36. The zero-order valence-electron chi connectivity index (χ0n) is 10.6. The van der Waals surface area contributed by atoms with Gasteiger partial charge < -0.3 is 9.15 Å². The van der Waals surface area contributed by atoms with Crippen LogP contribution in [0.15, 0.2) is 33.9 Å². The summed E-state index contributed by atoms with van der Waals surface area (Å²) in [4.78, 5) is 21.8. The van der Waals surface area contributed by atoms with Gasteiger partial charge in [-0.3, -0.25) is 14.9 Å². The first-order valence-corrected chi connectivity index (χ1v) is 6.93. The Morgan fingerprint density at radius 1 is 1.33 bits per heavy atom. The second kappa shape index (κ2) is 5.52. The molecule has 0 spiro atoms. The van der Waals surface area contributed by atoms with Gasteiger partial charge in [0.05, 0.1) is 11.5 Å². The molecule has 108 valence electrons. The molecule has 0 unspecified atom stereocenters. The summed E-state index contributed by atoms with van der Waals surface area (Å²) in [5, 5.41) is 18.4. The number of hydrogen-bond donors (Lipinski definition) is 0. The van der Waals surface area contributed by atoms with Crippen LogP contribution >= 0.6 is 11.8 Å². The summed E-state index contributed by atoms with van der Waals surface area (Å²) in [6.07, 6.45) is 0.576. The predicted octanol–water partition coefficient (Wildman–Crippen LogP) is 2.05. The number of thioether (sulfide) groups is 1. The van der Waals surface area contributed by atoms with Crippen LogP contribution in [0.25, 0.3) is 11.5 Å². The molecule has 2 heterocycles. The molecule has 0 amide bonds. The number of ether oxygens (including phenoxy) is 1. The molecule has 2 aromatic rings. The Bertz CT molecular complexity index is 702. The van der Waals surface area contributed by atoms with E-state index in [9.17, 15) is 14.9 Å². The molecule has 1 aliphatic rings. The molecule has 0 bridgehead atoms. The van der Waals surface area contributed by atoms with Gasteiger partial charge in [0, 0.05) is 12.5 Å². The maximum atomic E-state index is 11.4. The van der Waals surface area contributed by atoms with Crippen molar-refractivity contribution in [1.82, 2.24) is 10.2 Å². The minimum atomic E-state index is -0.513. The molecule has 1 aromatic carbocycles. The minimum Gasteiger partial charge on any atom is -0.465 e. The van der Waals surface area contributed by atoms with Gasteiger partial charge in [0.25, 0.3) is 16.8 Å². The van der Waals surface area contributed by atoms with Gasteiger partial charge in [0.2, 0.25) is 0 Å². The van der Waals surface area contributed by atoms with Crippen molar-refractivity contribution < 1.29 is 18.9 Å². The fourth-order valence-electron chi connectivity index (χ4n) is 1.89. The molecule has 3 rings (SSSR count). The van der Waals surface area contributed by atoms with E-state index in [1.807, 2.05) is 0 Å². The highest BCUT2D eigenvalue weighted by atomic mass is 32.2. The number of aromatic nitrogens is 2. The maximum absolute atomic E-state index is 11.4. The van der Waals surface area contributed by atoms with E-state index in [4.69, 9.17) is 9.15 Å². The SMILES string of the molecule is O=C1OCC[C@H]1Sc1nnc(-c2ccccc2[N+](=O)[O-])o1. The quantitative estimate of drug-likeness (QED) is 0.479. The van der Waals surface area contributed by atoms with Crippen LogP contribution in [-0.2, 0) is 9.53 Å². The third-order valence-electron chi connectivity index (χ3n) is 2.87. The summed E-state index contributed by atoms with van der Waals surface area (Å²) >= 11 is 1.10. The average Bonchev–Trinajstić information content (AvgIpc) is 3.09. The third kappa shape index (κ3) is 2.72. The molecule has 21 heavy (non-hydrogen) atoms. The number of benzene rings is 1. The first-order valence-electron chi connectivity index (χ1n) is 6.06. The molecule has 9 heteroatoms. The largest absolute Gasteiger partial charge is 0.465 e. The Morgan fingerprint density at radius 2 is 2.14 bits per heavy atom. The van der Waals surface area contributed by atoms with E-state index < -0.39 is 4.92 Å². The standard InChI is InChI=1S/C12H9N3O5S/c16-11-9(5-6-19-11)21-12-14-13-10(20-12)7-3-1-2-4-8(7)15(17)18/h1-4,9H,5-6H2/t9-/m1/s1. The molecule has 0 N–H and O–H groups in total.